The van der Waals surface area contributed by atoms with Gasteiger partial charge in [-0.05, 0) is 0 Å². The molecule has 3 rings (SSSR count). The van der Waals surface area contributed by atoms with Gasteiger partial charge in [0.2, 0.25) is 0 Å². The molecule has 0 saturated carbocycles. The highest BCUT2D eigenvalue weighted by molar-refractivity contribution is 8.00. The number of aromatic nitrogens is 1. The minimum Gasteiger partial charge on any atom is -0.477 e. The molecule has 25 heavy (non-hydrogen) atoms. The molecule has 0 spiro atoms. The molecule has 0 aromatic carbocycles. The van der Waals surface area contributed by atoms with Crippen molar-refractivity contribution in [1.29, 1.82) is 0 Å². The second-order valence-electron chi connectivity index (χ2n) is 5.82. The van der Waals surface area contributed by atoms with Gasteiger partial charge in [0.25, 0.3) is 5.91 Å². The molecule has 0 aliphatic carbocycles. The summed E-state index contributed by atoms with van der Waals surface area (Å²) >= 11 is 1.45. The Balaban J connectivity index is 1.78. The second kappa shape index (κ2) is 6.75. The Hall–Kier alpha value is -2.55. The van der Waals surface area contributed by atoms with Crippen LogP contribution in [0.25, 0.3) is 0 Å². The van der Waals surface area contributed by atoms with E-state index in [0.29, 0.717) is 11.3 Å². The van der Waals surface area contributed by atoms with Gasteiger partial charge in [-0.1, -0.05) is 0 Å². The summed E-state index contributed by atoms with van der Waals surface area (Å²) in [5, 5.41) is 12.4. The molecule has 132 valence electrons. The molecular weight excluding hydrogens is 346 g/mol. The van der Waals surface area contributed by atoms with Crippen LogP contribution in [0.1, 0.15) is 6.92 Å². The van der Waals surface area contributed by atoms with Crippen LogP contribution in [0.4, 0.5) is 5.69 Å². The number of carboxylic acid groups (broad SMARTS) is 1. The number of carbonyl (C=O) groups is 3. The minimum atomic E-state index is -1.19. The molecule has 2 aliphatic heterocycles. The van der Waals surface area contributed by atoms with Crippen molar-refractivity contribution in [3.05, 3.63) is 35.8 Å². The van der Waals surface area contributed by atoms with E-state index >= 15 is 0 Å². The van der Waals surface area contributed by atoms with E-state index in [0.717, 1.165) is 5.69 Å². The molecule has 0 unspecified atom stereocenters. The number of amides is 1. The number of anilines is 1. The molecule has 1 aromatic rings. The number of ether oxygens (including phenoxy) is 1. The van der Waals surface area contributed by atoms with E-state index in [9.17, 15) is 19.5 Å². The molecule has 1 amide bonds. The zero-order chi connectivity index (χ0) is 18.1. The number of fused-ring (bicyclic) bond motifs is 1. The van der Waals surface area contributed by atoms with Crippen molar-refractivity contribution in [2.75, 3.05) is 17.7 Å². The first-order valence-electron chi connectivity index (χ1n) is 7.63. The van der Waals surface area contributed by atoms with Gasteiger partial charge in [-0.3, -0.25) is 14.5 Å². The van der Waals surface area contributed by atoms with Gasteiger partial charge >= 0.3 is 11.9 Å². The average Bonchev–Trinajstić information content (AvgIpc) is 2.58. The maximum absolute atomic E-state index is 12.5. The molecule has 8 nitrogen and oxygen atoms in total. The number of nitrogens with one attached hydrogen (secondary N) is 1. The molecule has 3 heterocycles. The molecule has 0 radical (unpaired) electrons. The summed E-state index contributed by atoms with van der Waals surface area (Å²) in [7, 11) is 1.89. The van der Waals surface area contributed by atoms with E-state index in [1.165, 1.54) is 23.6 Å². The van der Waals surface area contributed by atoms with Gasteiger partial charge < -0.3 is 15.2 Å². The third-order valence-corrected chi connectivity index (χ3v) is 5.34. The van der Waals surface area contributed by atoms with E-state index in [4.69, 9.17) is 4.74 Å². The van der Waals surface area contributed by atoms with Crippen LogP contribution in [0.2, 0.25) is 0 Å². The summed E-state index contributed by atoms with van der Waals surface area (Å²) in [6, 6.07) is 3.22. The molecular formula is C16H18N3O5S+. The Morgan fingerprint density at radius 3 is 2.72 bits per heavy atom. The summed E-state index contributed by atoms with van der Waals surface area (Å²) < 4.78 is 6.79. The third-order valence-electron chi connectivity index (χ3n) is 4.00. The summed E-state index contributed by atoms with van der Waals surface area (Å²) in [4.78, 5) is 36.4. The van der Waals surface area contributed by atoms with Crippen molar-refractivity contribution < 1.29 is 28.8 Å². The van der Waals surface area contributed by atoms with Crippen LogP contribution < -0.4 is 9.88 Å². The van der Waals surface area contributed by atoms with Gasteiger partial charge in [0, 0.05) is 36.1 Å². The van der Waals surface area contributed by atoms with Gasteiger partial charge in [0.15, 0.2) is 12.4 Å². The molecule has 2 N–H and O–H groups in total. The highest BCUT2D eigenvalue weighted by atomic mass is 32.2. The monoisotopic (exact) mass is 364 g/mol. The first-order chi connectivity index (χ1) is 11.9. The van der Waals surface area contributed by atoms with Crippen molar-refractivity contribution in [2.45, 2.75) is 18.3 Å². The Morgan fingerprint density at radius 2 is 2.12 bits per heavy atom. The van der Waals surface area contributed by atoms with Crippen LogP contribution in [0.15, 0.2) is 35.8 Å². The Morgan fingerprint density at radius 1 is 1.44 bits per heavy atom. The summed E-state index contributed by atoms with van der Waals surface area (Å²) in [6.07, 6.45) is 3.72. The number of rotatable bonds is 5. The SMILES string of the molecule is CC(=O)OCC1=C(C(=O)O)N2C(=O)[C@@H](Nc3cc[n+](C)cc3)[C@H]2SC1. The van der Waals surface area contributed by atoms with E-state index in [1.54, 1.807) is 0 Å². The van der Waals surface area contributed by atoms with E-state index in [-0.39, 0.29) is 23.6 Å². The van der Waals surface area contributed by atoms with Crippen LogP contribution in [0, 0.1) is 0 Å². The van der Waals surface area contributed by atoms with Gasteiger partial charge in [-0.15, -0.1) is 11.8 Å². The maximum atomic E-state index is 12.5. The lowest BCUT2D eigenvalue weighted by Gasteiger charge is -2.49. The van der Waals surface area contributed by atoms with Crippen molar-refractivity contribution in [3.63, 3.8) is 0 Å². The highest BCUT2D eigenvalue weighted by Crippen LogP contribution is 2.41. The molecule has 0 bridgehead atoms. The number of nitrogens with zero attached hydrogens (tertiary/aromatic N) is 2. The summed E-state index contributed by atoms with van der Waals surface area (Å²) in [6.45, 7) is 1.14. The lowest BCUT2D eigenvalue weighted by molar-refractivity contribution is -0.671. The number of carboxylic acids is 1. The van der Waals surface area contributed by atoms with Gasteiger partial charge in [0.1, 0.15) is 30.8 Å². The predicted octanol–water partition coefficient (Wildman–Crippen LogP) is 0.109. The van der Waals surface area contributed by atoms with Crippen LogP contribution >= 0.6 is 11.8 Å². The molecule has 1 saturated heterocycles. The number of hydrogen-bond donors (Lipinski definition) is 2. The average molecular weight is 364 g/mol. The molecule has 1 fully saturated rings. The summed E-state index contributed by atoms with van der Waals surface area (Å²) in [5.74, 6) is -1.59. The smallest absolute Gasteiger partial charge is 0.352 e. The molecule has 1 aromatic heterocycles. The van der Waals surface area contributed by atoms with Crippen LogP contribution in [0.3, 0.4) is 0 Å². The number of β-lactam (4-membered cyclic amide) rings is 1. The Bertz CT molecular complexity index is 762. The first kappa shape index (κ1) is 17.3. The van der Waals surface area contributed by atoms with Crippen molar-refractivity contribution in [3.8, 4) is 0 Å². The number of aliphatic carboxylic acids is 1. The number of pyridine rings is 1. The number of hydrogen-bond acceptors (Lipinski definition) is 6. The van der Waals surface area contributed by atoms with Crippen LogP contribution in [0.5, 0.6) is 0 Å². The Kier molecular flexibility index (Phi) is 4.67. The standard InChI is InChI=1S/C16H17N3O5S/c1-9(20)24-7-10-8-25-15-12(14(21)19(15)13(10)16(22)23)17-11-3-5-18(2)6-4-11/h3-6,12,15H,7-8H2,1-2H3,(H,22,23)/p+1/t12-,15-/m1/s1. The fourth-order valence-corrected chi connectivity index (χ4v) is 4.09. The second-order valence-corrected chi connectivity index (χ2v) is 6.93. The lowest BCUT2D eigenvalue weighted by atomic mass is 10.0. The zero-order valence-electron chi connectivity index (χ0n) is 13.8. The fraction of sp³-hybridized carbons (Fsp3) is 0.375. The number of aryl methyl sites for hydroxylation is 1. The quantitative estimate of drug-likeness (QED) is 0.434. The zero-order valence-corrected chi connectivity index (χ0v) is 14.6. The van der Waals surface area contributed by atoms with Gasteiger partial charge in [0.05, 0.1) is 0 Å². The minimum absolute atomic E-state index is 0.0764. The van der Waals surface area contributed by atoms with Gasteiger partial charge in [-0.25, -0.2) is 9.36 Å². The van der Waals surface area contributed by atoms with Gasteiger partial charge in [-0.2, -0.15) is 0 Å². The van der Waals surface area contributed by atoms with Crippen LogP contribution in [-0.2, 0) is 26.2 Å². The predicted molar refractivity (Wildman–Crippen MR) is 89.4 cm³/mol. The molecule has 2 aliphatic rings. The Labute approximate surface area is 148 Å². The maximum Gasteiger partial charge on any atom is 0.352 e. The molecule has 2 atom stereocenters. The van der Waals surface area contributed by atoms with E-state index < -0.39 is 18.0 Å². The largest absolute Gasteiger partial charge is 0.477 e. The fourth-order valence-electron chi connectivity index (χ4n) is 2.76. The number of esters is 1. The topological polar surface area (TPSA) is 99.8 Å². The van der Waals surface area contributed by atoms with Crippen molar-refractivity contribution in [2.24, 2.45) is 7.05 Å². The van der Waals surface area contributed by atoms with E-state index in [1.807, 2.05) is 36.1 Å². The van der Waals surface area contributed by atoms with Crippen molar-refractivity contribution in [1.82, 2.24) is 4.90 Å². The highest BCUT2D eigenvalue weighted by Gasteiger charge is 2.53. The number of thioether (sulfide) groups is 1. The number of carbonyl (C=O) groups excluding carboxylic acids is 2. The third kappa shape index (κ3) is 3.32. The van der Waals surface area contributed by atoms with Crippen LogP contribution in [-0.4, -0.2) is 51.6 Å². The van der Waals surface area contributed by atoms with Crippen molar-refractivity contribution >= 4 is 35.3 Å². The summed E-state index contributed by atoms with van der Waals surface area (Å²) in [5.41, 5.74) is 1.15. The normalized spacial score (nSPS) is 22.2. The van der Waals surface area contributed by atoms with E-state index in [2.05, 4.69) is 5.32 Å². The first-order valence-corrected chi connectivity index (χ1v) is 8.68. The molecule has 9 heteroatoms. The lowest BCUT2D eigenvalue weighted by Crippen LogP contribution is -2.67.